The van der Waals surface area contributed by atoms with E-state index < -0.39 is 34.7 Å². The van der Waals surface area contributed by atoms with Crippen molar-refractivity contribution in [1.82, 2.24) is 24.5 Å². The van der Waals surface area contributed by atoms with Crippen molar-refractivity contribution < 1.29 is 32.3 Å². The number of amides is 2. The number of benzene rings is 3. The van der Waals surface area contributed by atoms with E-state index in [-0.39, 0.29) is 34.1 Å². The minimum atomic E-state index is -4.18. The van der Waals surface area contributed by atoms with Crippen LogP contribution >= 0.6 is 12.2 Å². The van der Waals surface area contributed by atoms with E-state index in [0.29, 0.717) is 33.2 Å². The SMILES string of the molecule is CC(C(=O)OCN1C(=O)c2ccccc2S1(=O)=O)N(CCC(=O)Nc1cccc(-n2[nH]nnc2=S)c1)c1ccc(C=O)cc1. The van der Waals surface area contributed by atoms with Gasteiger partial charge in [0, 0.05) is 29.9 Å². The molecule has 1 aromatic heterocycles. The lowest BCUT2D eigenvalue weighted by molar-refractivity contribution is -0.147. The van der Waals surface area contributed by atoms with E-state index >= 15 is 0 Å². The lowest BCUT2D eigenvalue weighted by Crippen LogP contribution is -2.43. The lowest BCUT2D eigenvalue weighted by atomic mass is 10.1. The van der Waals surface area contributed by atoms with Gasteiger partial charge in [0.15, 0.2) is 6.73 Å². The minimum Gasteiger partial charge on any atom is -0.442 e. The summed E-state index contributed by atoms with van der Waals surface area (Å²) in [6.45, 7) is 0.752. The third-order valence-electron chi connectivity index (χ3n) is 6.84. The summed E-state index contributed by atoms with van der Waals surface area (Å²) in [6, 6.07) is 17.9. The number of carbonyl (C=O) groups excluding carboxylic acids is 4. The molecule has 1 aliphatic rings. The van der Waals surface area contributed by atoms with Crippen LogP contribution in [0.15, 0.2) is 77.7 Å². The highest BCUT2D eigenvalue weighted by Crippen LogP contribution is 2.30. The Kier molecular flexibility index (Phi) is 8.64. The van der Waals surface area contributed by atoms with Gasteiger partial charge in [-0.1, -0.05) is 28.5 Å². The van der Waals surface area contributed by atoms with E-state index in [2.05, 4.69) is 20.8 Å². The topological polar surface area (TPSA) is 177 Å². The number of aromatic amines is 1. The Balaban J connectivity index is 1.28. The Morgan fingerprint density at radius 1 is 1.11 bits per heavy atom. The van der Waals surface area contributed by atoms with Crippen LogP contribution < -0.4 is 10.2 Å². The lowest BCUT2D eigenvalue weighted by Gasteiger charge is -2.30. The maximum absolute atomic E-state index is 13.2. The van der Waals surface area contributed by atoms with E-state index in [4.69, 9.17) is 17.0 Å². The second kappa shape index (κ2) is 12.6. The minimum absolute atomic E-state index is 0.00514. The van der Waals surface area contributed by atoms with Crippen LogP contribution in [0.4, 0.5) is 11.4 Å². The van der Waals surface area contributed by atoms with Gasteiger partial charge in [0.25, 0.3) is 15.9 Å². The number of aromatic nitrogens is 4. The summed E-state index contributed by atoms with van der Waals surface area (Å²) in [7, 11) is -4.18. The predicted octanol–water partition coefficient (Wildman–Crippen LogP) is 2.71. The predicted molar refractivity (Wildman–Crippen MR) is 159 cm³/mol. The first kappa shape index (κ1) is 30.2. The van der Waals surface area contributed by atoms with Gasteiger partial charge in [-0.15, -0.1) is 0 Å². The van der Waals surface area contributed by atoms with Crippen molar-refractivity contribution in [2.24, 2.45) is 0 Å². The molecule has 1 atom stereocenters. The Morgan fingerprint density at radius 2 is 1.86 bits per heavy atom. The fourth-order valence-corrected chi connectivity index (χ4v) is 6.17. The molecule has 5 rings (SSSR count). The summed E-state index contributed by atoms with van der Waals surface area (Å²) in [6.07, 6.45) is 0.613. The molecule has 2 N–H and O–H groups in total. The molecule has 1 unspecified atom stereocenters. The number of hydrogen-bond acceptors (Lipinski definition) is 11. The van der Waals surface area contributed by atoms with Crippen molar-refractivity contribution in [2.75, 3.05) is 23.5 Å². The number of sulfonamides is 1. The van der Waals surface area contributed by atoms with E-state index in [1.807, 2.05) is 0 Å². The average molecular weight is 636 g/mol. The van der Waals surface area contributed by atoms with Crippen LogP contribution in [0.25, 0.3) is 5.69 Å². The molecule has 14 nitrogen and oxygen atoms in total. The fraction of sp³-hybridized carbons (Fsp3) is 0.179. The molecule has 4 aromatic rings. The number of carbonyl (C=O) groups is 4. The van der Waals surface area contributed by atoms with Crippen molar-refractivity contribution in [3.05, 3.63) is 88.7 Å². The van der Waals surface area contributed by atoms with Crippen LogP contribution in [-0.4, -0.2) is 76.3 Å². The number of nitrogens with zero attached hydrogens (tertiary/aromatic N) is 5. The van der Waals surface area contributed by atoms with Gasteiger partial charge >= 0.3 is 5.97 Å². The van der Waals surface area contributed by atoms with Gasteiger partial charge in [0.1, 0.15) is 17.2 Å². The van der Waals surface area contributed by atoms with Crippen LogP contribution in [0.2, 0.25) is 0 Å². The van der Waals surface area contributed by atoms with Crippen LogP contribution in [-0.2, 0) is 24.3 Å². The number of nitrogens with one attached hydrogen (secondary N) is 2. The van der Waals surface area contributed by atoms with Crippen LogP contribution in [0.3, 0.4) is 0 Å². The number of hydrogen-bond donors (Lipinski definition) is 2. The van der Waals surface area contributed by atoms with Gasteiger partial charge < -0.3 is 15.0 Å². The molecular formula is C28H25N7O7S2. The summed E-state index contributed by atoms with van der Waals surface area (Å²) in [5.74, 6) is -1.99. The summed E-state index contributed by atoms with van der Waals surface area (Å²) in [5, 5.41) is 12.8. The molecule has 0 saturated heterocycles. The molecule has 0 radical (unpaired) electrons. The number of tetrazole rings is 1. The average Bonchev–Trinajstić information content (AvgIpc) is 3.54. The van der Waals surface area contributed by atoms with E-state index in [9.17, 15) is 27.6 Å². The molecular weight excluding hydrogens is 610 g/mol. The van der Waals surface area contributed by atoms with E-state index in [1.165, 1.54) is 35.9 Å². The Morgan fingerprint density at radius 3 is 2.55 bits per heavy atom. The Hall–Kier alpha value is -5.22. The largest absolute Gasteiger partial charge is 0.442 e. The molecule has 0 bridgehead atoms. The molecule has 0 spiro atoms. The normalized spacial score (nSPS) is 14.0. The van der Waals surface area contributed by atoms with E-state index in [0.717, 1.165) is 0 Å². The fourth-order valence-electron chi connectivity index (χ4n) is 4.55. The number of aldehydes is 1. The summed E-state index contributed by atoms with van der Waals surface area (Å²) >= 11 is 5.12. The van der Waals surface area contributed by atoms with Gasteiger partial charge in [0.05, 0.1) is 11.3 Å². The first-order valence-electron chi connectivity index (χ1n) is 13.1. The van der Waals surface area contributed by atoms with Crippen molar-refractivity contribution >= 4 is 57.7 Å². The second-order valence-electron chi connectivity index (χ2n) is 9.59. The molecule has 1 aliphatic heterocycles. The smallest absolute Gasteiger partial charge is 0.330 e. The number of fused-ring (bicyclic) bond motifs is 1. The standard InChI is InChI=1S/C28H25N7O7S2/c1-18(27(39)42-17-34-26(38)23-7-2-3-8-24(23)44(34,40)41)33(21-11-9-19(16-36)10-12-21)14-13-25(37)29-20-5-4-6-22(15-20)35-28(43)30-31-32-35/h2-12,15-16,18H,13-14,17H2,1H3,(H,29,37)(H,30,32,43). The zero-order valence-electron chi connectivity index (χ0n) is 23.1. The highest BCUT2D eigenvalue weighted by atomic mass is 32.2. The number of anilines is 2. The maximum atomic E-state index is 13.2. The van der Waals surface area contributed by atoms with Crippen LogP contribution in [0.1, 0.15) is 34.1 Å². The third kappa shape index (κ3) is 6.11. The van der Waals surface area contributed by atoms with Gasteiger partial charge in [-0.25, -0.2) is 17.9 Å². The second-order valence-corrected chi connectivity index (χ2v) is 11.8. The quantitative estimate of drug-likeness (QED) is 0.141. The number of esters is 1. The Labute approximate surface area is 256 Å². The Bertz CT molecular complexity index is 1910. The van der Waals surface area contributed by atoms with Gasteiger partial charge in [-0.2, -0.15) is 9.52 Å². The molecule has 226 valence electrons. The van der Waals surface area contributed by atoms with Crippen LogP contribution in [0.5, 0.6) is 0 Å². The zero-order valence-corrected chi connectivity index (χ0v) is 24.7. The molecule has 2 heterocycles. The first-order valence-corrected chi connectivity index (χ1v) is 15.0. The highest BCUT2D eigenvalue weighted by molar-refractivity contribution is 7.90. The molecule has 44 heavy (non-hydrogen) atoms. The number of H-pyrrole nitrogens is 1. The summed E-state index contributed by atoms with van der Waals surface area (Å²) in [5.41, 5.74) is 2.00. The number of ether oxygens (including phenoxy) is 1. The summed E-state index contributed by atoms with van der Waals surface area (Å²) in [4.78, 5) is 51.4. The number of rotatable bonds is 11. The van der Waals surface area contributed by atoms with Gasteiger partial charge in [-0.3, -0.25) is 14.4 Å². The molecule has 2 amide bonds. The molecule has 0 saturated carbocycles. The van der Waals surface area contributed by atoms with Crippen molar-refractivity contribution in [2.45, 2.75) is 24.3 Å². The maximum Gasteiger partial charge on any atom is 0.330 e. The summed E-state index contributed by atoms with van der Waals surface area (Å²) < 4.78 is 33.1. The zero-order chi connectivity index (χ0) is 31.4. The third-order valence-corrected chi connectivity index (χ3v) is 8.87. The first-order chi connectivity index (χ1) is 21.1. The monoisotopic (exact) mass is 635 g/mol. The molecule has 16 heteroatoms. The van der Waals surface area contributed by atoms with Crippen molar-refractivity contribution in [3.8, 4) is 5.69 Å². The van der Waals surface area contributed by atoms with Gasteiger partial charge in [0.2, 0.25) is 10.7 Å². The van der Waals surface area contributed by atoms with E-state index in [1.54, 1.807) is 53.4 Å². The highest BCUT2D eigenvalue weighted by Gasteiger charge is 2.42. The van der Waals surface area contributed by atoms with Gasteiger partial charge in [-0.05, 0) is 73.7 Å². The van der Waals surface area contributed by atoms with Crippen molar-refractivity contribution in [3.63, 3.8) is 0 Å². The van der Waals surface area contributed by atoms with Crippen molar-refractivity contribution in [1.29, 1.82) is 0 Å². The van der Waals surface area contributed by atoms with Crippen LogP contribution in [0, 0.1) is 4.77 Å². The molecule has 0 fully saturated rings. The molecule has 3 aromatic carbocycles. The molecule has 0 aliphatic carbocycles.